The van der Waals surface area contributed by atoms with Crippen molar-refractivity contribution >= 4 is 45.4 Å². The van der Waals surface area contributed by atoms with Crippen molar-refractivity contribution in [2.24, 2.45) is 4.99 Å². The minimum atomic E-state index is -4.73. The molecule has 3 aromatic rings. The maximum atomic E-state index is 13.4. The Bertz CT molecular complexity index is 1190. The van der Waals surface area contributed by atoms with Gasteiger partial charge in [-0.3, -0.25) is 4.79 Å². The molecule has 0 saturated carbocycles. The molecule has 0 N–H and O–H groups in total. The zero-order valence-electron chi connectivity index (χ0n) is 15.1. The summed E-state index contributed by atoms with van der Waals surface area (Å²) in [5.74, 6) is -0.249. The summed E-state index contributed by atoms with van der Waals surface area (Å²) in [5.41, 5.74) is 0.417. The van der Waals surface area contributed by atoms with Gasteiger partial charge in [-0.2, -0.15) is 18.3 Å². The van der Waals surface area contributed by atoms with E-state index >= 15 is 0 Å². The maximum absolute atomic E-state index is 13.4. The molecule has 0 amide bonds. The quantitative estimate of drug-likeness (QED) is 0.455. The van der Waals surface area contributed by atoms with Crippen LogP contribution in [0.3, 0.4) is 0 Å². The molecule has 1 aliphatic rings. The van der Waals surface area contributed by atoms with Crippen LogP contribution in [0.2, 0.25) is 5.02 Å². The molecule has 0 bridgehead atoms. The van der Waals surface area contributed by atoms with Crippen molar-refractivity contribution in [1.82, 2.24) is 14.8 Å². The van der Waals surface area contributed by atoms with Crippen LogP contribution in [-0.4, -0.2) is 26.9 Å². The lowest BCUT2D eigenvalue weighted by atomic mass is 10.0. The number of alkyl halides is 3. The lowest BCUT2D eigenvalue weighted by molar-refractivity contribution is -0.141. The molecule has 4 rings (SSSR count). The molecule has 6 nitrogen and oxygen atoms in total. The Morgan fingerprint density at radius 1 is 1.30 bits per heavy atom. The smallest absolute Gasteiger partial charge is 0.435 e. The number of benzene rings is 1. The van der Waals surface area contributed by atoms with Crippen LogP contribution in [0.15, 0.2) is 46.0 Å². The molecule has 0 spiro atoms. The summed E-state index contributed by atoms with van der Waals surface area (Å²) >= 11 is 9.51. The van der Waals surface area contributed by atoms with Crippen molar-refractivity contribution in [2.75, 3.05) is 0 Å². The van der Waals surface area contributed by atoms with Crippen molar-refractivity contribution < 1.29 is 22.7 Å². The number of halogens is 5. The summed E-state index contributed by atoms with van der Waals surface area (Å²) < 4.78 is 47.3. The second kappa shape index (κ2) is 7.51. The van der Waals surface area contributed by atoms with Crippen LogP contribution in [0.1, 0.15) is 28.6 Å². The lowest BCUT2D eigenvalue weighted by Crippen LogP contribution is -2.21. The van der Waals surface area contributed by atoms with E-state index in [0.717, 1.165) is 16.3 Å². The first-order chi connectivity index (χ1) is 14.2. The van der Waals surface area contributed by atoms with Gasteiger partial charge in [0, 0.05) is 22.3 Å². The maximum Gasteiger partial charge on any atom is 0.435 e. The minimum absolute atomic E-state index is 0.0348. The van der Waals surface area contributed by atoms with Crippen LogP contribution >= 0.6 is 27.5 Å². The van der Waals surface area contributed by atoms with Crippen molar-refractivity contribution in [3.8, 4) is 5.82 Å². The highest BCUT2D eigenvalue weighted by Crippen LogP contribution is 2.40. The molecular formula is C19H11BrClF3N4O2. The number of aromatic nitrogens is 3. The average molecular weight is 500 g/mol. The fourth-order valence-corrected chi connectivity index (χ4v) is 3.87. The third kappa shape index (κ3) is 3.61. The third-order valence-electron chi connectivity index (χ3n) is 4.28. The van der Waals surface area contributed by atoms with Gasteiger partial charge in [-0.15, -0.1) is 0 Å². The second-order valence-corrected chi connectivity index (χ2v) is 7.67. The lowest BCUT2D eigenvalue weighted by Gasteiger charge is -2.23. The van der Waals surface area contributed by atoms with Crippen molar-refractivity contribution in [3.05, 3.63) is 68.5 Å². The Labute approximate surface area is 181 Å². The van der Waals surface area contributed by atoms with Crippen LogP contribution in [-0.2, 0) is 15.7 Å². The number of rotatable bonds is 3. The number of hydrogen-bond acceptors (Lipinski definition) is 5. The number of aldehydes is 1. The SMILES string of the molecule is Cc1cc(Br)c2c(c1)C(C=O)OC(c1cc(C(F)(F)F)nn1-c1ncccc1Cl)=N2. The highest BCUT2D eigenvalue weighted by molar-refractivity contribution is 9.10. The van der Waals surface area contributed by atoms with Gasteiger partial charge >= 0.3 is 6.18 Å². The third-order valence-corrected chi connectivity index (χ3v) is 5.18. The Morgan fingerprint density at radius 3 is 2.73 bits per heavy atom. The number of nitrogens with zero attached hydrogens (tertiary/aromatic N) is 4. The van der Waals surface area contributed by atoms with E-state index in [1.165, 1.54) is 18.3 Å². The van der Waals surface area contributed by atoms with E-state index in [-0.39, 0.29) is 22.4 Å². The minimum Gasteiger partial charge on any atom is -0.460 e. The fourth-order valence-electron chi connectivity index (χ4n) is 2.99. The number of pyridine rings is 1. The van der Waals surface area contributed by atoms with E-state index < -0.39 is 18.0 Å². The Balaban J connectivity index is 1.96. The van der Waals surface area contributed by atoms with Gasteiger partial charge in [0.1, 0.15) is 5.69 Å². The molecule has 0 aliphatic carbocycles. The van der Waals surface area contributed by atoms with Gasteiger partial charge in [-0.05, 0) is 52.7 Å². The topological polar surface area (TPSA) is 69.4 Å². The van der Waals surface area contributed by atoms with Crippen LogP contribution < -0.4 is 0 Å². The summed E-state index contributed by atoms with van der Waals surface area (Å²) in [5, 5.41) is 3.69. The molecular weight excluding hydrogens is 489 g/mol. The highest BCUT2D eigenvalue weighted by atomic mass is 79.9. The van der Waals surface area contributed by atoms with Gasteiger partial charge in [0.2, 0.25) is 5.90 Å². The molecule has 1 aliphatic heterocycles. The van der Waals surface area contributed by atoms with Gasteiger partial charge in [0.15, 0.2) is 23.9 Å². The predicted octanol–water partition coefficient (Wildman–Crippen LogP) is 5.36. The molecule has 2 aromatic heterocycles. The summed E-state index contributed by atoms with van der Waals surface area (Å²) in [6, 6.07) is 7.29. The van der Waals surface area contributed by atoms with Gasteiger partial charge in [0.25, 0.3) is 0 Å². The van der Waals surface area contributed by atoms with Crippen LogP contribution in [0.25, 0.3) is 5.82 Å². The van der Waals surface area contributed by atoms with Gasteiger partial charge in [-0.25, -0.2) is 14.7 Å². The largest absolute Gasteiger partial charge is 0.460 e. The predicted molar refractivity (Wildman–Crippen MR) is 106 cm³/mol. The normalized spacial score (nSPS) is 15.9. The van der Waals surface area contributed by atoms with Gasteiger partial charge < -0.3 is 4.74 Å². The summed E-state index contributed by atoms with van der Waals surface area (Å²) in [6.07, 6.45) is -3.86. The number of ether oxygens (including phenoxy) is 1. The molecule has 154 valence electrons. The number of hydrogen-bond donors (Lipinski definition) is 0. The van der Waals surface area contributed by atoms with Crippen molar-refractivity contribution in [1.29, 1.82) is 0 Å². The zero-order valence-corrected chi connectivity index (χ0v) is 17.5. The number of aliphatic imine (C=N–C) groups is 1. The zero-order chi connectivity index (χ0) is 21.6. The molecule has 1 unspecified atom stereocenters. The van der Waals surface area contributed by atoms with E-state index in [4.69, 9.17) is 16.3 Å². The highest BCUT2D eigenvalue weighted by Gasteiger charge is 2.37. The van der Waals surface area contributed by atoms with Crippen molar-refractivity contribution in [2.45, 2.75) is 19.2 Å². The Kier molecular flexibility index (Phi) is 5.15. The van der Waals surface area contributed by atoms with E-state index in [9.17, 15) is 18.0 Å². The summed E-state index contributed by atoms with van der Waals surface area (Å²) in [7, 11) is 0. The molecule has 0 radical (unpaired) electrons. The Morgan fingerprint density at radius 2 is 2.07 bits per heavy atom. The molecule has 3 heterocycles. The monoisotopic (exact) mass is 498 g/mol. The van der Waals surface area contributed by atoms with E-state index in [1.54, 1.807) is 12.1 Å². The average Bonchev–Trinajstić information content (AvgIpc) is 3.13. The fraction of sp³-hybridized carbons (Fsp3) is 0.158. The van der Waals surface area contributed by atoms with Crippen molar-refractivity contribution in [3.63, 3.8) is 0 Å². The van der Waals surface area contributed by atoms with E-state index in [0.29, 0.717) is 22.0 Å². The molecule has 30 heavy (non-hydrogen) atoms. The van der Waals surface area contributed by atoms with Gasteiger partial charge in [0.05, 0.1) is 10.7 Å². The number of carbonyl (C=O) groups excluding carboxylic acids is 1. The van der Waals surface area contributed by atoms with Crippen LogP contribution in [0.5, 0.6) is 0 Å². The number of aryl methyl sites for hydroxylation is 1. The number of carbonyl (C=O) groups is 1. The standard InChI is InChI=1S/C19H11BrClF3N4O2/c1-9-5-10-14(8-29)30-18(26-16(10)11(20)6-9)13-7-15(19(22,23)24)27-28(13)17-12(21)3-2-4-25-17/h2-8,14H,1H3. The first-order valence-electron chi connectivity index (χ1n) is 8.48. The van der Waals surface area contributed by atoms with E-state index in [1.807, 2.05) is 6.92 Å². The summed E-state index contributed by atoms with van der Waals surface area (Å²) in [6.45, 7) is 1.83. The molecule has 0 saturated heterocycles. The number of fused-ring (bicyclic) bond motifs is 1. The van der Waals surface area contributed by atoms with Crippen LogP contribution in [0.4, 0.5) is 18.9 Å². The molecule has 1 atom stereocenters. The molecule has 1 aromatic carbocycles. The second-order valence-electron chi connectivity index (χ2n) is 6.41. The van der Waals surface area contributed by atoms with Gasteiger partial charge in [-0.1, -0.05) is 11.6 Å². The molecule has 11 heteroatoms. The van der Waals surface area contributed by atoms with E-state index in [2.05, 4.69) is 31.0 Å². The molecule has 0 fully saturated rings. The Hall–Kier alpha value is -2.72. The first-order valence-corrected chi connectivity index (χ1v) is 9.65. The summed E-state index contributed by atoms with van der Waals surface area (Å²) in [4.78, 5) is 20.0. The van der Waals surface area contributed by atoms with Crippen LogP contribution in [0, 0.1) is 6.92 Å². The first kappa shape index (κ1) is 20.5.